The quantitative estimate of drug-likeness (QED) is 0.171. The monoisotopic (exact) mass is 472 g/mol. The Labute approximate surface area is 201 Å². The van der Waals surface area contributed by atoms with Crippen molar-refractivity contribution in [3.8, 4) is 29.4 Å². The molecule has 0 aliphatic carbocycles. The molecule has 0 aliphatic rings. The number of benzene rings is 4. The van der Waals surface area contributed by atoms with Crippen molar-refractivity contribution in [2.24, 2.45) is 0 Å². The summed E-state index contributed by atoms with van der Waals surface area (Å²) in [4.78, 5) is 0. The van der Waals surface area contributed by atoms with Gasteiger partial charge in [0.2, 0.25) is 0 Å². The van der Waals surface area contributed by atoms with Crippen LogP contribution >= 0.6 is 0 Å². The van der Waals surface area contributed by atoms with E-state index in [1.165, 1.54) is 24.3 Å². The van der Waals surface area contributed by atoms with Crippen molar-refractivity contribution in [3.63, 3.8) is 0 Å². The lowest BCUT2D eigenvalue weighted by Gasteiger charge is -2.05. The van der Waals surface area contributed by atoms with Crippen molar-refractivity contribution < 1.29 is 22.3 Å². The van der Waals surface area contributed by atoms with Crippen molar-refractivity contribution in [2.75, 3.05) is 6.61 Å². The summed E-state index contributed by atoms with van der Waals surface area (Å²) in [5.74, 6) is 8.18. The SMILES string of the molecule is CCCCOc1ccc(C#Cc2cc(F)c(C#Cc3ccc4cc(F)ccc4c3)c(F)c2)c(F)c1. The van der Waals surface area contributed by atoms with E-state index in [0.29, 0.717) is 23.3 Å². The highest BCUT2D eigenvalue weighted by atomic mass is 19.1. The molecule has 0 saturated heterocycles. The number of fused-ring (bicyclic) bond motifs is 1. The summed E-state index contributed by atoms with van der Waals surface area (Å²) in [6.45, 7) is 2.53. The minimum atomic E-state index is -0.871. The summed E-state index contributed by atoms with van der Waals surface area (Å²) in [5, 5.41) is 1.46. The lowest BCUT2D eigenvalue weighted by molar-refractivity contribution is 0.308. The summed E-state index contributed by atoms with van der Waals surface area (Å²) in [5.41, 5.74) is 0.286. The van der Waals surface area contributed by atoms with E-state index in [-0.39, 0.29) is 16.9 Å². The average Bonchev–Trinajstić information content (AvgIpc) is 2.83. The van der Waals surface area contributed by atoms with Gasteiger partial charge in [0.15, 0.2) is 0 Å². The minimum absolute atomic E-state index is 0.0564. The van der Waals surface area contributed by atoms with Crippen LogP contribution in [-0.2, 0) is 0 Å². The largest absolute Gasteiger partial charge is 0.493 e. The van der Waals surface area contributed by atoms with Gasteiger partial charge in [0.05, 0.1) is 17.7 Å². The molecule has 4 aromatic rings. The Hall–Kier alpha value is -4.22. The first-order valence-corrected chi connectivity index (χ1v) is 11.1. The molecule has 0 bridgehead atoms. The second-order valence-electron chi connectivity index (χ2n) is 7.86. The van der Waals surface area contributed by atoms with Gasteiger partial charge in [0.1, 0.15) is 29.0 Å². The van der Waals surface area contributed by atoms with Crippen molar-refractivity contribution in [1.29, 1.82) is 0 Å². The van der Waals surface area contributed by atoms with Crippen LogP contribution in [0.15, 0.2) is 66.7 Å². The molecule has 174 valence electrons. The molecule has 0 aromatic heterocycles. The van der Waals surface area contributed by atoms with Crippen LogP contribution in [0, 0.1) is 47.0 Å². The van der Waals surface area contributed by atoms with Crippen molar-refractivity contribution in [1.82, 2.24) is 0 Å². The van der Waals surface area contributed by atoms with E-state index in [4.69, 9.17) is 4.74 Å². The minimum Gasteiger partial charge on any atom is -0.493 e. The highest BCUT2D eigenvalue weighted by Gasteiger charge is 2.09. The van der Waals surface area contributed by atoms with E-state index in [1.54, 1.807) is 30.3 Å². The first-order valence-electron chi connectivity index (χ1n) is 11.1. The normalized spacial score (nSPS) is 10.3. The third-order valence-electron chi connectivity index (χ3n) is 5.22. The summed E-state index contributed by atoms with van der Waals surface area (Å²) in [7, 11) is 0. The Morgan fingerprint density at radius 1 is 0.657 bits per heavy atom. The molecule has 0 aliphatic heterocycles. The summed E-state index contributed by atoms with van der Waals surface area (Å²) in [6, 6.07) is 15.8. The van der Waals surface area contributed by atoms with Crippen molar-refractivity contribution in [2.45, 2.75) is 19.8 Å². The first kappa shape index (κ1) is 23.9. The van der Waals surface area contributed by atoms with Gasteiger partial charge in [-0.3, -0.25) is 0 Å². The van der Waals surface area contributed by atoms with Gasteiger partial charge in [0.25, 0.3) is 0 Å². The van der Waals surface area contributed by atoms with Crippen molar-refractivity contribution >= 4 is 10.8 Å². The van der Waals surface area contributed by atoms with E-state index in [9.17, 15) is 17.6 Å². The molecule has 35 heavy (non-hydrogen) atoms. The van der Waals surface area contributed by atoms with Crippen molar-refractivity contribution in [3.05, 3.63) is 112 Å². The molecule has 0 heterocycles. The van der Waals surface area contributed by atoms with Gasteiger partial charge in [-0.1, -0.05) is 49.2 Å². The predicted octanol–water partition coefficient (Wildman–Crippen LogP) is 7.37. The fraction of sp³-hybridized carbons (Fsp3) is 0.133. The molecule has 0 saturated carbocycles. The molecular weight excluding hydrogens is 452 g/mol. The highest BCUT2D eigenvalue weighted by Crippen LogP contribution is 2.19. The zero-order valence-corrected chi connectivity index (χ0v) is 18.9. The van der Waals surface area contributed by atoms with Gasteiger partial charge in [-0.15, -0.1) is 0 Å². The van der Waals surface area contributed by atoms with Crippen LogP contribution in [0.25, 0.3) is 10.8 Å². The molecule has 0 fully saturated rings. The fourth-order valence-electron chi connectivity index (χ4n) is 3.35. The van der Waals surface area contributed by atoms with Gasteiger partial charge in [0, 0.05) is 17.2 Å². The molecule has 1 nitrogen and oxygen atoms in total. The zero-order chi connectivity index (χ0) is 24.8. The van der Waals surface area contributed by atoms with Gasteiger partial charge in [-0.25, -0.2) is 17.6 Å². The smallest absolute Gasteiger partial charge is 0.143 e. The van der Waals surface area contributed by atoms with Crippen LogP contribution in [0.2, 0.25) is 0 Å². The maximum absolute atomic E-state index is 14.6. The molecule has 0 spiro atoms. The van der Waals surface area contributed by atoms with E-state index >= 15 is 0 Å². The third kappa shape index (κ3) is 6.02. The van der Waals surface area contributed by atoms with Gasteiger partial charge < -0.3 is 4.74 Å². The Morgan fingerprint density at radius 3 is 2.11 bits per heavy atom. The summed E-state index contributed by atoms with van der Waals surface area (Å²) >= 11 is 0. The molecular formula is C30H20F4O. The molecule has 5 heteroatoms. The number of rotatable bonds is 4. The van der Waals surface area contributed by atoms with Crippen LogP contribution in [0.3, 0.4) is 0 Å². The number of hydrogen-bond acceptors (Lipinski definition) is 1. The summed E-state index contributed by atoms with van der Waals surface area (Å²) in [6.07, 6.45) is 1.83. The highest BCUT2D eigenvalue weighted by molar-refractivity contribution is 5.84. The molecule has 0 amide bonds. The Kier molecular flexibility index (Phi) is 7.38. The van der Waals surface area contributed by atoms with E-state index in [1.807, 2.05) is 6.92 Å². The maximum atomic E-state index is 14.6. The number of ether oxygens (including phenoxy) is 1. The standard InChI is InChI=1S/C30H20F4O/c1-2-3-14-35-26-12-10-22(28(32)19-26)7-5-21-16-29(33)27(30(34)17-21)13-6-20-4-8-24-18-25(31)11-9-23(24)15-20/h4,8-12,15-19H,2-3,14H2,1H3. The second kappa shape index (κ2) is 10.8. The Morgan fingerprint density at radius 2 is 1.37 bits per heavy atom. The predicted molar refractivity (Wildman–Crippen MR) is 129 cm³/mol. The van der Waals surface area contributed by atoms with E-state index < -0.39 is 23.0 Å². The Bertz CT molecular complexity index is 1490. The lowest BCUT2D eigenvalue weighted by Crippen LogP contribution is -1.97. The molecule has 4 aromatic carbocycles. The van der Waals surface area contributed by atoms with Crippen LogP contribution in [0.5, 0.6) is 5.75 Å². The third-order valence-corrected chi connectivity index (χ3v) is 5.22. The van der Waals surface area contributed by atoms with Crippen LogP contribution < -0.4 is 4.74 Å². The van der Waals surface area contributed by atoms with E-state index in [2.05, 4.69) is 23.7 Å². The summed E-state index contributed by atoms with van der Waals surface area (Å²) < 4.78 is 62.2. The van der Waals surface area contributed by atoms with Crippen LogP contribution in [0.4, 0.5) is 17.6 Å². The molecule has 4 rings (SSSR count). The molecule has 0 radical (unpaired) electrons. The van der Waals surface area contributed by atoms with Gasteiger partial charge in [-0.2, -0.15) is 0 Å². The van der Waals surface area contributed by atoms with Crippen LogP contribution in [0.1, 0.15) is 42.0 Å². The zero-order valence-electron chi connectivity index (χ0n) is 18.9. The van der Waals surface area contributed by atoms with Crippen LogP contribution in [-0.4, -0.2) is 6.61 Å². The van der Waals surface area contributed by atoms with E-state index in [0.717, 1.165) is 30.4 Å². The molecule has 0 unspecified atom stereocenters. The average molecular weight is 472 g/mol. The topological polar surface area (TPSA) is 9.23 Å². The number of hydrogen-bond donors (Lipinski definition) is 0. The van der Waals surface area contributed by atoms with Gasteiger partial charge in [-0.05, 0) is 65.7 Å². The fourth-order valence-corrected chi connectivity index (χ4v) is 3.35. The lowest BCUT2D eigenvalue weighted by atomic mass is 10.1. The second-order valence-corrected chi connectivity index (χ2v) is 7.86. The molecule has 0 N–H and O–H groups in total. The van der Waals surface area contributed by atoms with Gasteiger partial charge >= 0.3 is 0 Å². The number of halogens is 4. The number of unbranched alkanes of at least 4 members (excludes halogenated alkanes) is 1. The Balaban J connectivity index is 1.54. The first-order chi connectivity index (χ1) is 16.9. The maximum Gasteiger partial charge on any atom is 0.143 e. The molecule has 0 atom stereocenters.